The summed E-state index contributed by atoms with van der Waals surface area (Å²) in [5.41, 5.74) is 6.57. The van der Waals surface area contributed by atoms with Gasteiger partial charge >= 0.3 is 6.04 Å². The van der Waals surface area contributed by atoms with Crippen LogP contribution in [-0.2, 0) is 11.2 Å². The maximum absolute atomic E-state index is 12.2. The van der Waals surface area contributed by atoms with Gasteiger partial charge in [0.1, 0.15) is 6.04 Å². The molecule has 0 spiro atoms. The van der Waals surface area contributed by atoms with E-state index < -0.39 is 12.1 Å². The van der Waals surface area contributed by atoms with Gasteiger partial charge in [-0.2, -0.15) is 4.39 Å². The van der Waals surface area contributed by atoms with E-state index in [-0.39, 0.29) is 12.2 Å². The molecule has 2 N–H and O–H groups in total. The minimum Gasteiger partial charge on any atom is -0.319 e. The number of halogens is 1. The summed E-state index contributed by atoms with van der Waals surface area (Å²) in [6, 6.07) is 3.96. The molecule has 0 heterocycles. The van der Waals surface area contributed by atoms with Gasteiger partial charge in [0.2, 0.25) is 0 Å². The lowest BCUT2D eigenvalue weighted by atomic mass is 10.0. The van der Waals surface area contributed by atoms with Crippen LogP contribution in [0.3, 0.4) is 0 Å². The van der Waals surface area contributed by atoms with E-state index in [1.54, 1.807) is 24.3 Å². The molecule has 80 valence electrons. The van der Waals surface area contributed by atoms with Crippen molar-refractivity contribution in [1.82, 2.24) is 0 Å². The minimum absolute atomic E-state index is 0.0348. The minimum atomic E-state index is -1.52. The van der Waals surface area contributed by atoms with Crippen molar-refractivity contribution in [3.8, 4) is 0 Å². The van der Waals surface area contributed by atoms with E-state index in [1.807, 2.05) is 0 Å². The highest BCUT2D eigenvalue weighted by Gasteiger charge is 2.12. The monoisotopic (exact) mass is 209 g/mol. The first kappa shape index (κ1) is 11.5. The van der Waals surface area contributed by atoms with Crippen molar-refractivity contribution in [2.75, 3.05) is 0 Å². The average Bonchev–Trinajstić information content (AvgIpc) is 2.18. The first-order chi connectivity index (χ1) is 7.00. The van der Waals surface area contributed by atoms with Gasteiger partial charge in [-0.1, -0.05) is 24.3 Å². The van der Waals surface area contributed by atoms with Gasteiger partial charge in [-0.05, 0) is 18.9 Å². The molecule has 0 aliphatic heterocycles. The molecule has 15 heavy (non-hydrogen) atoms. The van der Waals surface area contributed by atoms with Crippen LogP contribution in [0.1, 0.15) is 22.8 Å². The molecule has 0 fully saturated rings. The third-order valence-electron chi connectivity index (χ3n) is 2.11. The molecule has 0 amide bonds. The van der Waals surface area contributed by atoms with Crippen LogP contribution in [0.5, 0.6) is 0 Å². The second kappa shape index (κ2) is 4.79. The molecule has 0 radical (unpaired) electrons. The molecular weight excluding hydrogens is 197 g/mol. The number of Topliss-reactive ketones (excluding diaryl/α,β-unsaturated/α-hetero) is 1. The summed E-state index contributed by atoms with van der Waals surface area (Å²) in [4.78, 5) is 21.2. The van der Waals surface area contributed by atoms with Crippen LogP contribution < -0.4 is 5.73 Å². The Bertz CT molecular complexity index is 373. The van der Waals surface area contributed by atoms with E-state index in [0.717, 1.165) is 5.56 Å². The third kappa shape index (κ3) is 3.25. The summed E-state index contributed by atoms with van der Waals surface area (Å²) in [6.45, 7) is 1.46. The van der Waals surface area contributed by atoms with Gasteiger partial charge < -0.3 is 5.73 Å². The molecule has 1 rings (SSSR count). The fraction of sp³-hybridized carbons (Fsp3) is 0.273. The fourth-order valence-electron chi connectivity index (χ4n) is 1.21. The predicted molar refractivity (Wildman–Crippen MR) is 54.2 cm³/mol. The number of carbonyl (C=O) groups is 2. The van der Waals surface area contributed by atoms with Crippen LogP contribution >= 0.6 is 0 Å². The standard InChI is InChI=1S/C11H12FNO2/c1-7(14)9-4-2-8(3-5-9)6-10(13)11(12)15/h2-5,10H,6,13H2,1H3. The van der Waals surface area contributed by atoms with E-state index in [0.29, 0.717) is 5.56 Å². The Hall–Kier alpha value is -1.55. The number of hydrogen-bond acceptors (Lipinski definition) is 3. The molecule has 0 aromatic heterocycles. The number of benzene rings is 1. The van der Waals surface area contributed by atoms with Gasteiger partial charge in [-0.25, -0.2) is 0 Å². The predicted octanol–water partition coefficient (Wildman–Crippen LogP) is 1.26. The van der Waals surface area contributed by atoms with E-state index in [2.05, 4.69) is 0 Å². The van der Waals surface area contributed by atoms with Crippen LogP contribution in [0.4, 0.5) is 4.39 Å². The van der Waals surface area contributed by atoms with E-state index >= 15 is 0 Å². The molecule has 0 saturated heterocycles. The Balaban J connectivity index is 2.72. The topological polar surface area (TPSA) is 60.2 Å². The molecule has 1 unspecified atom stereocenters. The molecule has 1 atom stereocenters. The number of ketones is 1. The smallest absolute Gasteiger partial charge is 0.318 e. The zero-order valence-corrected chi connectivity index (χ0v) is 8.37. The van der Waals surface area contributed by atoms with E-state index in [9.17, 15) is 14.0 Å². The lowest BCUT2D eigenvalue weighted by molar-refractivity contribution is -0.130. The highest BCUT2D eigenvalue weighted by molar-refractivity contribution is 5.94. The maximum atomic E-state index is 12.2. The lowest BCUT2D eigenvalue weighted by Gasteiger charge is -2.05. The summed E-state index contributed by atoms with van der Waals surface area (Å²) in [7, 11) is 0. The van der Waals surface area contributed by atoms with Gasteiger partial charge in [0.25, 0.3) is 0 Å². The average molecular weight is 209 g/mol. The summed E-state index contributed by atoms with van der Waals surface area (Å²) in [5.74, 6) is -0.0348. The van der Waals surface area contributed by atoms with Crippen LogP contribution in [0.25, 0.3) is 0 Å². The second-order valence-electron chi connectivity index (χ2n) is 3.37. The van der Waals surface area contributed by atoms with Crippen LogP contribution in [0.2, 0.25) is 0 Å². The number of hydrogen-bond donors (Lipinski definition) is 1. The lowest BCUT2D eigenvalue weighted by Crippen LogP contribution is -2.29. The summed E-state index contributed by atoms with van der Waals surface area (Å²) in [5, 5.41) is 0. The summed E-state index contributed by atoms with van der Waals surface area (Å²) >= 11 is 0. The Morgan fingerprint density at radius 2 is 1.87 bits per heavy atom. The van der Waals surface area contributed by atoms with Crippen molar-refractivity contribution in [3.63, 3.8) is 0 Å². The quantitative estimate of drug-likeness (QED) is 0.599. The Labute approximate surface area is 87.1 Å². The van der Waals surface area contributed by atoms with E-state index in [4.69, 9.17) is 5.73 Å². The summed E-state index contributed by atoms with van der Waals surface area (Å²) < 4.78 is 12.2. The van der Waals surface area contributed by atoms with Gasteiger partial charge in [0, 0.05) is 5.56 Å². The van der Waals surface area contributed by atoms with Crippen LogP contribution in [0.15, 0.2) is 24.3 Å². The number of rotatable bonds is 4. The number of carbonyl (C=O) groups excluding carboxylic acids is 2. The van der Waals surface area contributed by atoms with Gasteiger partial charge in [-0.15, -0.1) is 0 Å². The van der Waals surface area contributed by atoms with Crippen molar-refractivity contribution in [1.29, 1.82) is 0 Å². The van der Waals surface area contributed by atoms with Crippen LogP contribution in [-0.4, -0.2) is 17.9 Å². The van der Waals surface area contributed by atoms with Gasteiger partial charge in [0.05, 0.1) is 0 Å². The second-order valence-corrected chi connectivity index (χ2v) is 3.37. The zero-order chi connectivity index (χ0) is 11.4. The molecule has 3 nitrogen and oxygen atoms in total. The normalized spacial score (nSPS) is 12.2. The molecular formula is C11H12FNO2. The van der Waals surface area contributed by atoms with Gasteiger partial charge in [0.15, 0.2) is 5.78 Å². The largest absolute Gasteiger partial charge is 0.319 e. The van der Waals surface area contributed by atoms with Gasteiger partial charge in [-0.3, -0.25) is 9.59 Å². The van der Waals surface area contributed by atoms with Crippen molar-refractivity contribution in [3.05, 3.63) is 35.4 Å². The first-order valence-electron chi connectivity index (χ1n) is 4.55. The SMILES string of the molecule is CC(=O)c1ccc(CC(N)C(=O)F)cc1. The highest BCUT2D eigenvalue weighted by atomic mass is 19.1. The molecule has 0 saturated carbocycles. The zero-order valence-electron chi connectivity index (χ0n) is 8.37. The first-order valence-corrected chi connectivity index (χ1v) is 4.55. The van der Waals surface area contributed by atoms with Crippen molar-refractivity contribution < 1.29 is 14.0 Å². The Kier molecular flexibility index (Phi) is 3.68. The summed E-state index contributed by atoms with van der Waals surface area (Å²) in [6.07, 6.45) is 0.146. The van der Waals surface area contributed by atoms with E-state index in [1.165, 1.54) is 6.92 Å². The molecule has 0 aliphatic rings. The maximum Gasteiger partial charge on any atom is 0.318 e. The Morgan fingerprint density at radius 3 is 2.27 bits per heavy atom. The molecule has 1 aromatic rings. The third-order valence-corrected chi connectivity index (χ3v) is 2.11. The number of nitrogens with two attached hydrogens (primary N) is 1. The fourth-order valence-corrected chi connectivity index (χ4v) is 1.21. The molecule has 0 aliphatic carbocycles. The van der Waals surface area contributed by atoms with Crippen molar-refractivity contribution in [2.45, 2.75) is 19.4 Å². The Morgan fingerprint density at radius 1 is 1.33 bits per heavy atom. The molecule has 4 heteroatoms. The van der Waals surface area contributed by atoms with Crippen molar-refractivity contribution >= 4 is 11.8 Å². The highest BCUT2D eigenvalue weighted by Crippen LogP contribution is 2.07. The van der Waals surface area contributed by atoms with Crippen molar-refractivity contribution in [2.24, 2.45) is 5.73 Å². The molecule has 0 bridgehead atoms. The molecule has 1 aromatic carbocycles. The van der Waals surface area contributed by atoms with Crippen LogP contribution in [0, 0.1) is 0 Å².